The van der Waals surface area contributed by atoms with E-state index >= 15 is 0 Å². The molecule has 0 aliphatic carbocycles. The van der Waals surface area contributed by atoms with Crippen LogP contribution in [-0.2, 0) is 16.0 Å². The summed E-state index contributed by atoms with van der Waals surface area (Å²) in [6.45, 7) is 4.21. The molecule has 0 bridgehead atoms. The van der Waals surface area contributed by atoms with E-state index < -0.39 is 0 Å². The highest BCUT2D eigenvalue weighted by Gasteiger charge is 2.11. The zero-order valence-electron chi connectivity index (χ0n) is 16.5. The number of carbonyl (C=O) groups excluding carboxylic acids is 2. The van der Waals surface area contributed by atoms with E-state index in [0.29, 0.717) is 0 Å². The van der Waals surface area contributed by atoms with Gasteiger partial charge in [0.2, 0.25) is 0 Å². The monoisotopic (exact) mass is 387 g/mol. The molecular weight excluding hydrogens is 366 g/mol. The molecular formula is C23H21N3O3. The van der Waals surface area contributed by atoms with Crippen LogP contribution in [0.3, 0.4) is 0 Å². The Morgan fingerprint density at radius 2 is 1.72 bits per heavy atom. The average Bonchev–Trinajstić information content (AvgIpc) is 3.17. The highest BCUT2D eigenvalue weighted by molar-refractivity contribution is 5.92. The standard InChI is InChI=1S/C22H21N3O.CO2/c1-4-15-5-7-16(8-6-15)21-19-9-10-20(23-22(19)25-24-21)17-11-14(2)12-18(13-17)26-3;2-1-3/h5-13H,4H2,1-3H3,(H,23,24,25);. The van der Waals surface area contributed by atoms with Crippen LogP contribution in [0.1, 0.15) is 18.1 Å². The molecule has 0 aliphatic rings. The number of hydrogen-bond acceptors (Lipinski definition) is 5. The summed E-state index contributed by atoms with van der Waals surface area (Å²) < 4.78 is 5.38. The molecule has 29 heavy (non-hydrogen) atoms. The number of aromatic amines is 1. The normalized spacial score (nSPS) is 10.2. The van der Waals surface area contributed by atoms with Crippen molar-refractivity contribution >= 4 is 17.2 Å². The molecule has 0 radical (unpaired) electrons. The van der Waals surface area contributed by atoms with Crippen molar-refractivity contribution < 1.29 is 14.3 Å². The minimum Gasteiger partial charge on any atom is -0.497 e. The quantitative estimate of drug-likeness (QED) is 0.554. The zero-order chi connectivity index (χ0) is 20.8. The molecule has 6 heteroatoms. The van der Waals surface area contributed by atoms with Gasteiger partial charge in [-0.1, -0.05) is 31.2 Å². The van der Waals surface area contributed by atoms with Gasteiger partial charge in [0.15, 0.2) is 5.65 Å². The summed E-state index contributed by atoms with van der Waals surface area (Å²) in [5.41, 5.74) is 7.23. The number of H-pyrrole nitrogens is 1. The Hall–Kier alpha value is -3.76. The second-order valence-corrected chi connectivity index (χ2v) is 6.54. The van der Waals surface area contributed by atoms with Crippen molar-refractivity contribution in [2.45, 2.75) is 20.3 Å². The molecule has 6 nitrogen and oxygen atoms in total. The van der Waals surface area contributed by atoms with E-state index in [1.54, 1.807) is 7.11 Å². The van der Waals surface area contributed by atoms with Gasteiger partial charge < -0.3 is 4.74 Å². The predicted octanol–water partition coefficient (Wildman–Crippen LogP) is 4.59. The molecule has 0 unspecified atom stereocenters. The van der Waals surface area contributed by atoms with Crippen molar-refractivity contribution in [3.8, 4) is 28.3 Å². The van der Waals surface area contributed by atoms with Gasteiger partial charge in [0.25, 0.3) is 0 Å². The first kappa shape index (κ1) is 20.0. The maximum atomic E-state index is 8.12. The van der Waals surface area contributed by atoms with Crippen LogP contribution in [0.5, 0.6) is 5.75 Å². The Balaban J connectivity index is 0.000000755. The fraction of sp³-hybridized carbons (Fsp3) is 0.174. The van der Waals surface area contributed by atoms with Gasteiger partial charge >= 0.3 is 6.15 Å². The second kappa shape index (κ2) is 8.95. The first-order chi connectivity index (χ1) is 14.1. The van der Waals surface area contributed by atoms with Crippen LogP contribution in [-0.4, -0.2) is 28.4 Å². The zero-order valence-corrected chi connectivity index (χ0v) is 16.5. The smallest absolute Gasteiger partial charge is 0.373 e. The summed E-state index contributed by atoms with van der Waals surface area (Å²) in [6, 6.07) is 18.8. The van der Waals surface area contributed by atoms with Gasteiger partial charge in [0.1, 0.15) is 5.75 Å². The molecule has 0 amide bonds. The van der Waals surface area contributed by atoms with Crippen molar-refractivity contribution in [1.29, 1.82) is 0 Å². The lowest BCUT2D eigenvalue weighted by Crippen LogP contribution is -1.89. The molecule has 2 aromatic heterocycles. The van der Waals surface area contributed by atoms with Crippen molar-refractivity contribution in [3.05, 3.63) is 65.7 Å². The highest BCUT2D eigenvalue weighted by Crippen LogP contribution is 2.29. The van der Waals surface area contributed by atoms with E-state index in [2.05, 4.69) is 60.4 Å². The van der Waals surface area contributed by atoms with E-state index in [-0.39, 0.29) is 6.15 Å². The number of aryl methyl sites for hydroxylation is 2. The van der Waals surface area contributed by atoms with Crippen LogP contribution in [0.2, 0.25) is 0 Å². The van der Waals surface area contributed by atoms with Crippen LogP contribution in [0, 0.1) is 6.92 Å². The van der Waals surface area contributed by atoms with Gasteiger partial charge in [-0.15, -0.1) is 0 Å². The Morgan fingerprint density at radius 3 is 2.38 bits per heavy atom. The third kappa shape index (κ3) is 4.39. The lowest BCUT2D eigenvalue weighted by molar-refractivity contribution is -0.191. The molecule has 0 atom stereocenters. The first-order valence-corrected chi connectivity index (χ1v) is 9.19. The number of rotatable bonds is 4. The number of nitrogens with zero attached hydrogens (tertiary/aromatic N) is 2. The minimum atomic E-state index is 0.250. The summed E-state index contributed by atoms with van der Waals surface area (Å²) in [4.78, 5) is 21.0. The summed E-state index contributed by atoms with van der Waals surface area (Å²) in [5, 5.41) is 8.59. The van der Waals surface area contributed by atoms with E-state index in [4.69, 9.17) is 19.3 Å². The van der Waals surface area contributed by atoms with E-state index in [1.165, 1.54) is 5.56 Å². The van der Waals surface area contributed by atoms with Gasteiger partial charge in [-0.25, -0.2) is 4.98 Å². The fourth-order valence-corrected chi connectivity index (χ4v) is 3.20. The van der Waals surface area contributed by atoms with Gasteiger partial charge in [-0.2, -0.15) is 14.7 Å². The topological polar surface area (TPSA) is 84.9 Å². The van der Waals surface area contributed by atoms with Crippen LogP contribution in [0.15, 0.2) is 54.6 Å². The largest absolute Gasteiger partial charge is 0.497 e. The highest BCUT2D eigenvalue weighted by atomic mass is 16.5. The molecule has 0 saturated carbocycles. The molecule has 4 aromatic rings. The fourth-order valence-electron chi connectivity index (χ4n) is 3.20. The van der Waals surface area contributed by atoms with E-state index in [1.807, 2.05) is 18.2 Å². The second-order valence-electron chi connectivity index (χ2n) is 6.54. The Labute approximate surface area is 168 Å². The summed E-state index contributed by atoms with van der Waals surface area (Å²) in [6.07, 6.45) is 1.29. The van der Waals surface area contributed by atoms with Crippen molar-refractivity contribution in [1.82, 2.24) is 15.2 Å². The third-order valence-corrected chi connectivity index (χ3v) is 4.65. The molecule has 0 aliphatic heterocycles. The van der Waals surface area contributed by atoms with Crippen LogP contribution >= 0.6 is 0 Å². The SMILES string of the molecule is CCc1ccc(-c2[nH]nc3nc(-c4cc(C)cc(OC)c4)ccc23)cc1.O=C=O. The maximum absolute atomic E-state index is 8.12. The van der Waals surface area contributed by atoms with Crippen LogP contribution in [0.4, 0.5) is 0 Å². The third-order valence-electron chi connectivity index (χ3n) is 4.65. The molecule has 0 spiro atoms. The number of fused-ring (bicyclic) bond motifs is 1. The summed E-state index contributed by atoms with van der Waals surface area (Å²) in [5.74, 6) is 0.834. The number of nitrogens with one attached hydrogen (secondary N) is 1. The number of benzene rings is 2. The average molecular weight is 387 g/mol. The lowest BCUT2D eigenvalue weighted by Gasteiger charge is -2.06. The molecule has 0 saturated heterocycles. The summed E-state index contributed by atoms with van der Waals surface area (Å²) >= 11 is 0. The maximum Gasteiger partial charge on any atom is 0.373 e. The number of hydrogen-bond donors (Lipinski definition) is 1. The number of pyridine rings is 1. The number of ether oxygens (including phenoxy) is 1. The molecule has 4 rings (SSSR count). The van der Waals surface area contributed by atoms with Crippen molar-refractivity contribution in [3.63, 3.8) is 0 Å². The van der Waals surface area contributed by atoms with Gasteiger partial charge in [-0.05, 0) is 54.8 Å². The van der Waals surface area contributed by atoms with E-state index in [0.717, 1.165) is 51.3 Å². The van der Waals surface area contributed by atoms with Gasteiger partial charge in [-0.3, -0.25) is 5.10 Å². The van der Waals surface area contributed by atoms with Crippen LogP contribution in [0.25, 0.3) is 33.5 Å². The van der Waals surface area contributed by atoms with Crippen molar-refractivity contribution in [2.24, 2.45) is 0 Å². The minimum absolute atomic E-state index is 0.250. The Kier molecular flexibility index (Phi) is 6.17. The lowest BCUT2D eigenvalue weighted by atomic mass is 10.0. The van der Waals surface area contributed by atoms with Crippen molar-refractivity contribution in [2.75, 3.05) is 7.11 Å². The van der Waals surface area contributed by atoms with Crippen LogP contribution < -0.4 is 4.74 Å². The van der Waals surface area contributed by atoms with E-state index in [9.17, 15) is 0 Å². The van der Waals surface area contributed by atoms with Gasteiger partial charge in [0.05, 0.1) is 18.5 Å². The summed E-state index contributed by atoms with van der Waals surface area (Å²) in [7, 11) is 1.68. The molecule has 1 N–H and O–H groups in total. The van der Waals surface area contributed by atoms with Gasteiger partial charge in [0, 0.05) is 16.5 Å². The molecule has 2 aromatic carbocycles. The predicted molar refractivity (Wildman–Crippen MR) is 110 cm³/mol. The Bertz CT molecular complexity index is 1160. The number of methoxy groups -OCH3 is 1. The first-order valence-electron chi connectivity index (χ1n) is 9.19. The molecule has 146 valence electrons. The Morgan fingerprint density at radius 1 is 1.00 bits per heavy atom. The molecule has 0 fully saturated rings. The number of aromatic nitrogens is 3. The molecule has 2 heterocycles.